The molecule has 1 nitrogen and oxygen atoms in total. The van der Waals surface area contributed by atoms with Crippen molar-refractivity contribution in [2.24, 2.45) is 0 Å². The molecule has 21 heavy (non-hydrogen) atoms. The molecule has 0 aromatic heterocycles. The molecule has 0 aliphatic rings. The van der Waals surface area contributed by atoms with Crippen molar-refractivity contribution in [3.05, 3.63) is 65.7 Å². The lowest BCUT2D eigenvalue weighted by atomic mass is 10.1. The van der Waals surface area contributed by atoms with E-state index in [0.717, 1.165) is 12.2 Å². The summed E-state index contributed by atoms with van der Waals surface area (Å²) in [6.07, 6.45) is 5.34. The third-order valence-corrected chi connectivity index (χ3v) is 5.67. The van der Waals surface area contributed by atoms with E-state index in [1.54, 1.807) is 7.11 Å². The summed E-state index contributed by atoms with van der Waals surface area (Å²) < 4.78 is 5.16. The molecule has 2 heteroatoms. The van der Waals surface area contributed by atoms with Crippen LogP contribution < -0.4 is 9.92 Å². The molecule has 0 unspecified atom stereocenters. The molecule has 0 spiro atoms. The van der Waals surface area contributed by atoms with E-state index >= 15 is 0 Å². The second-order valence-electron chi connectivity index (χ2n) is 6.33. The summed E-state index contributed by atoms with van der Waals surface area (Å²) in [6, 6.07) is 17.2. The molecule has 0 heterocycles. The van der Waals surface area contributed by atoms with Crippen molar-refractivity contribution in [3.8, 4) is 5.75 Å². The van der Waals surface area contributed by atoms with Gasteiger partial charge in [0, 0.05) is 0 Å². The molecule has 0 saturated carbocycles. The number of allylic oxidation sites excluding steroid dienone is 1. The Kier molecular flexibility index (Phi) is 5.02. The maximum absolute atomic E-state index is 5.16. The van der Waals surface area contributed by atoms with Crippen LogP contribution in [0.3, 0.4) is 0 Å². The fraction of sp³-hybridized carbons (Fsp3) is 0.263. The lowest BCUT2D eigenvalue weighted by molar-refractivity contribution is 0.415. The third-order valence-electron chi connectivity index (χ3n) is 3.60. The van der Waals surface area contributed by atoms with Crippen molar-refractivity contribution in [1.29, 1.82) is 0 Å². The van der Waals surface area contributed by atoms with E-state index in [2.05, 4.69) is 68.2 Å². The average molecular weight is 296 g/mol. The van der Waals surface area contributed by atoms with Crippen LogP contribution in [-0.4, -0.2) is 15.2 Å². The van der Waals surface area contributed by atoms with Gasteiger partial charge in [0.1, 0.15) is 5.75 Å². The first-order chi connectivity index (χ1) is 9.99. The fourth-order valence-electron chi connectivity index (χ4n) is 2.19. The second-order valence-corrected chi connectivity index (χ2v) is 11.4. The molecule has 110 valence electrons. The summed E-state index contributed by atoms with van der Waals surface area (Å²) in [6.45, 7) is 7.14. The zero-order chi connectivity index (χ0) is 15.3. The molecule has 0 radical (unpaired) electrons. The van der Waals surface area contributed by atoms with Gasteiger partial charge in [-0.05, 0) is 29.7 Å². The van der Waals surface area contributed by atoms with Gasteiger partial charge in [-0.3, -0.25) is 0 Å². The SMILES string of the molecule is COc1ccc(C=CCc2ccc([Si](C)(C)C)cc2)cc1. The van der Waals surface area contributed by atoms with Gasteiger partial charge in [0.25, 0.3) is 0 Å². The smallest absolute Gasteiger partial charge is 0.118 e. The number of ether oxygens (including phenoxy) is 1. The molecule has 0 saturated heterocycles. The van der Waals surface area contributed by atoms with Gasteiger partial charge in [-0.1, -0.05) is 73.4 Å². The summed E-state index contributed by atoms with van der Waals surface area (Å²) >= 11 is 0. The first-order valence-electron chi connectivity index (χ1n) is 7.39. The van der Waals surface area contributed by atoms with Crippen molar-refractivity contribution in [1.82, 2.24) is 0 Å². The van der Waals surface area contributed by atoms with Crippen molar-refractivity contribution in [2.75, 3.05) is 7.11 Å². The van der Waals surface area contributed by atoms with E-state index in [1.807, 2.05) is 12.1 Å². The first-order valence-corrected chi connectivity index (χ1v) is 10.9. The predicted octanol–water partition coefficient (Wildman–Crippen LogP) is 4.50. The van der Waals surface area contributed by atoms with E-state index in [9.17, 15) is 0 Å². The lowest BCUT2D eigenvalue weighted by Gasteiger charge is -2.16. The normalized spacial score (nSPS) is 11.8. The van der Waals surface area contributed by atoms with Crippen molar-refractivity contribution >= 4 is 19.3 Å². The first kappa shape index (κ1) is 15.6. The molecule has 0 fully saturated rings. The number of benzene rings is 2. The Bertz CT molecular complexity index is 589. The highest BCUT2D eigenvalue weighted by molar-refractivity contribution is 6.88. The summed E-state index contributed by atoms with van der Waals surface area (Å²) in [5.74, 6) is 0.897. The molecule has 0 aliphatic carbocycles. The summed E-state index contributed by atoms with van der Waals surface area (Å²) in [7, 11) is 0.510. The van der Waals surface area contributed by atoms with Gasteiger partial charge in [-0.15, -0.1) is 0 Å². The van der Waals surface area contributed by atoms with E-state index in [1.165, 1.54) is 16.3 Å². The van der Waals surface area contributed by atoms with Crippen molar-refractivity contribution < 1.29 is 4.74 Å². The van der Waals surface area contributed by atoms with Gasteiger partial charge in [0.05, 0.1) is 15.2 Å². The van der Waals surface area contributed by atoms with Crippen LogP contribution in [0.1, 0.15) is 11.1 Å². The van der Waals surface area contributed by atoms with Crippen molar-refractivity contribution in [2.45, 2.75) is 26.1 Å². The molecule has 0 aliphatic heterocycles. The minimum atomic E-state index is -1.18. The maximum atomic E-state index is 5.16. The molecular formula is C19H24OSi. The molecule has 2 aromatic rings. The highest BCUT2D eigenvalue weighted by Gasteiger charge is 2.15. The van der Waals surface area contributed by atoms with Gasteiger partial charge < -0.3 is 4.74 Å². The average Bonchev–Trinajstić information content (AvgIpc) is 2.47. The zero-order valence-corrected chi connectivity index (χ0v) is 14.4. The van der Waals surface area contributed by atoms with Crippen LogP contribution in [0, 0.1) is 0 Å². The Labute approximate surface area is 129 Å². The van der Waals surface area contributed by atoms with Crippen LogP contribution in [0.15, 0.2) is 54.6 Å². The molecule has 0 N–H and O–H groups in total. The molecule has 2 aromatic carbocycles. The van der Waals surface area contributed by atoms with Gasteiger partial charge in [-0.2, -0.15) is 0 Å². The zero-order valence-electron chi connectivity index (χ0n) is 13.4. The molecule has 0 bridgehead atoms. The number of methoxy groups -OCH3 is 1. The van der Waals surface area contributed by atoms with Crippen LogP contribution >= 0.6 is 0 Å². The Morgan fingerprint density at radius 1 is 0.905 bits per heavy atom. The third kappa shape index (κ3) is 4.61. The summed E-state index contributed by atoms with van der Waals surface area (Å²) in [4.78, 5) is 0. The van der Waals surface area contributed by atoms with E-state index in [0.29, 0.717) is 0 Å². The minimum absolute atomic E-state index is 0.897. The highest BCUT2D eigenvalue weighted by Crippen LogP contribution is 2.13. The lowest BCUT2D eigenvalue weighted by Crippen LogP contribution is -2.37. The minimum Gasteiger partial charge on any atom is -0.497 e. The highest BCUT2D eigenvalue weighted by atomic mass is 28.3. The molecule has 2 rings (SSSR count). The van der Waals surface area contributed by atoms with Crippen LogP contribution in [0.25, 0.3) is 6.08 Å². The number of hydrogen-bond acceptors (Lipinski definition) is 1. The van der Waals surface area contributed by atoms with Crippen LogP contribution in [0.5, 0.6) is 5.75 Å². The Balaban J connectivity index is 1.97. The fourth-order valence-corrected chi connectivity index (χ4v) is 3.35. The number of hydrogen-bond donors (Lipinski definition) is 0. The quantitative estimate of drug-likeness (QED) is 0.738. The molecule has 0 atom stereocenters. The topological polar surface area (TPSA) is 9.23 Å². The van der Waals surface area contributed by atoms with Gasteiger partial charge in [-0.25, -0.2) is 0 Å². The van der Waals surface area contributed by atoms with E-state index in [4.69, 9.17) is 4.74 Å². The number of rotatable bonds is 5. The predicted molar refractivity (Wildman–Crippen MR) is 95.2 cm³/mol. The van der Waals surface area contributed by atoms with Crippen LogP contribution in [-0.2, 0) is 6.42 Å². The van der Waals surface area contributed by atoms with Crippen molar-refractivity contribution in [3.63, 3.8) is 0 Å². The monoisotopic (exact) mass is 296 g/mol. The van der Waals surface area contributed by atoms with E-state index < -0.39 is 8.07 Å². The summed E-state index contributed by atoms with van der Waals surface area (Å²) in [5, 5.41) is 1.52. The summed E-state index contributed by atoms with van der Waals surface area (Å²) in [5.41, 5.74) is 2.57. The second kappa shape index (κ2) is 6.77. The van der Waals surface area contributed by atoms with Crippen LogP contribution in [0.4, 0.5) is 0 Å². The Morgan fingerprint density at radius 2 is 1.52 bits per heavy atom. The van der Waals surface area contributed by atoms with Crippen LogP contribution in [0.2, 0.25) is 19.6 Å². The Morgan fingerprint density at radius 3 is 2.05 bits per heavy atom. The standard InChI is InChI=1S/C19H24OSi/c1-20-18-12-8-16(9-13-18)6-5-7-17-10-14-19(15-11-17)21(2,3)4/h5-6,8-15H,7H2,1-4H3. The van der Waals surface area contributed by atoms with Gasteiger partial charge in [0.15, 0.2) is 0 Å². The molecular weight excluding hydrogens is 272 g/mol. The van der Waals surface area contributed by atoms with E-state index in [-0.39, 0.29) is 0 Å². The van der Waals surface area contributed by atoms with Gasteiger partial charge in [0.2, 0.25) is 0 Å². The Hall–Kier alpha value is -1.80. The largest absolute Gasteiger partial charge is 0.497 e. The molecule has 0 amide bonds. The van der Waals surface area contributed by atoms with Gasteiger partial charge >= 0.3 is 0 Å². The maximum Gasteiger partial charge on any atom is 0.118 e.